The Bertz CT molecular complexity index is 853. The zero-order chi connectivity index (χ0) is 15.5. The van der Waals surface area contributed by atoms with Crippen LogP contribution in [0.1, 0.15) is 16.7 Å². The lowest BCUT2D eigenvalue weighted by Crippen LogP contribution is -1.85. The van der Waals surface area contributed by atoms with Gasteiger partial charge in [-0.3, -0.25) is 0 Å². The zero-order valence-corrected chi connectivity index (χ0v) is 12.7. The number of benzene rings is 3. The summed E-state index contributed by atoms with van der Waals surface area (Å²) < 4.78 is 0. The molecule has 0 atom stereocenters. The van der Waals surface area contributed by atoms with E-state index in [1.54, 1.807) is 0 Å². The molecule has 0 aliphatic rings. The van der Waals surface area contributed by atoms with Crippen LogP contribution in [0.4, 0.5) is 11.4 Å². The molecule has 1 N–H and O–H groups in total. The van der Waals surface area contributed by atoms with Crippen molar-refractivity contribution in [2.45, 2.75) is 20.5 Å². The topological polar surface area (TPSA) is 45.0 Å². The molecule has 3 aromatic rings. The van der Waals surface area contributed by atoms with Gasteiger partial charge in [-0.1, -0.05) is 54.1 Å². The third-order valence-electron chi connectivity index (χ3n) is 3.76. The molecular formula is C19H18N2O. The summed E-state index contributed by atoms with van der Waals surface area (Å²) in [7, 11) is 0. The first-order valence-electron chi connectivity index (χ1n) is 7.29. The van der Waals surface area contributed by atoms with Gasteiger partial charge >= 0.3 is 0 Å². The van der Waals surface area contributed by atoms with Gasteiger partial charge in [-0.25, -0.2) is 0 Å². The molecule has 0 heterocycles. The minimum absolute atomic E-state index is 0.0495. The summed E-state index contributed by atoms with van der Waals surface area (Å²) in [5.74, 6) is 0. The molecule has 0 radical (unpaired) electrons. The van der Waals surface area contributed by atoms with Crippen molar-refractivity contribution in [2.24, 2.45) is 10.2 Å². The Morgan fingerprint density at radius 1 is 0.909 bits per heavy atom. The standard InChI is InChI=1S/C19H18N2O/c1-13-7-10-18(14(2)11-13)20-21-19-16(12-22)9-8-15-5-3-4-6-17(15)19/h3-11,22H,12H2,1-2H3/b21-20+. The van der Waals surface area contributed by atoms with Crippen molar-refractivity contribution in [3.05, 3.63) is 71.3 Å². The molecule has 3 rings (SSSR count). The summed E-state index contributed by atoms with van der Waals surface area (Å²) in [5.41, 5.74) is 4.67. The van der Waals surface area contributed by atoms with E-state index in [4.69, 9.17) is 0 Å². The fourth-order valence-corrected chi connectivity index (χ4v) is 2.57. The minimum Gasteiger partial charge on any atom is -0.392 e. The van der Waals surface area contributed by atoms with Gasteiger partial charge in [0.05, 0.1) is 18.0 Å². The Balaban J connectivity index is 2.11. The van der Waals surface area contributed by atoms with E-state index in [9.17, 15) is 5.11 Å². The highest BCUT2D eigenvalue weighted by Crippen LogP contribution is 2.32. The molecule has 0 fully saturated rings. The fourth-order valence-electron chi connectivity index (χ4n) is 2.57. The number of aliphatic hydroxyl groups is 1. The van der Waals surface area contributed by atoms with Crippen LogP contribution >= 0.6 is 0 Å². The summed E-state index contributed by atoms with van der Waals surface area (Å²) in [6, 6.07) is 18.0. The monoisotopic (exact) mass is 290 g/mol. The van der Waals surface area contributed by atoms with E-state index in [2.05, 4.69) is 23.2 Å². The number of rotatable bonds is 3. The Morgan fingerprint density at radius 2 is 1.73 bits per heavy atom. The molecule has 3 nitrogen and oxygen atoms in total. The van der Waals surface area contributed by atoms with Gasteiger partial charge in [0.25, 0.3) is 0 Å². The molecule has 3 aromatic carbocycles. The van der Waals surface area contributed by atoms with Crippen molar-refractivity contribution in [1.82, 2.24) is 0 Å². The van der Waals surface area contributed by atoms with E-state index in [0.29, 0.717) is 0 Å². The second-order valence-corrected chi connectivity index (χ2v) is 5.44. The van der Waals surface area contributed by atoms with E-state index >= 15 is 0 Å². The van der Waals surface area contributed by atoms with Crippen LogP contribution in [0.3, 0.4) is 0 Å². The highest BCUT2D eigenvalue weighted by molar-refractivity contribution is 5.93. The van der Waals surface area contributed by atoms with Crippen LogP contribution in [0.2, 0.25) is 0 Å². The maximum Gasteiger partial charge on any atom is 0.0990 e. The first-order valence-corrected chi connectivity index (χ1v) is 7.29. The molecule has 0 bridgehead atoms. The van der Waals surface area contributed by atoms with Crippen LogP contribution in [-0.4, -0.2) is 5.11 Å². The summed E-state index contributed by atoms with van der Waals surface area (Å²) in [6.07, 6.45) is 0. The van der Waals surface area contributed by atoms with E-state index in [1.807, 2.05) is 55.5 Å². The van der Waals surface area contributed by atoms with Gasteiger partial charge < -0.3 is 5.11 Å². The number of nitrogens with zero attached hydrogens (tertiary/aromatic N) is 2. The number of azo groups is 1. The summed E-state index contributed by atoms with van der Waals surface area (Å²) in [4.78, 5) is 0. The van der Waals surface area contributed by atoms with Crippen LogP contribution in [0.15, 0.2) is 64.8 Å². The largest absolute Gasteiger partial charge is 0.392 e. The van der Waals surface area contributed by atoms with Crippen LogP contribution in [0, 0.1) is 13.8 Å². The first kappa shape index (κ1) is 14.4. The molecule has 0 aromatic heterocycles. The summed E-state index contributed by atoms with van der Waals surface area (Å²) in [6.45, 7) is 4.03. The Labute approximate surface area is 130 Å². The van der Waals surface area contributed by atoms with Crippen LogP contribution in [0.5, 0.6) is 0 Å². The second-order valence-electron chi connectivity index (χ2n) is 5.44. The number of hydrogen-bond acceptors (Lipinski definition) is 3. The van der Waals surface area contributed by atoms with E-state index in [0.717, 1.165) is 33.3 Å². The third-order valence-corrected chi connectivity index (χ3v) is 3.76. The normalized spacial score (nSPS) is 11.4. The van der Waals surface area contributed by atoms with Gasteiger partial charge in [-0.2, -0.15) is 5.11 Å². The summed E-state index contributed by atoms with van der Waals surface area (Å²) >= 11 is 0. The predicted octanol–water partition coefficient (Wildman–Crippen LogP) is 5.36. The smallest absolute Gasteiger partial charge is 0.0990 e. The molecule has 0 saturated heterocycles. The first-order chi connectivity index (χ1) is 10.7. The molecule has 0 saturated carbocycles. The zero-order valence-electron chi connectivity index (χ0n) is 12.7. The Hall–Kier alpha value is -2.52. The van der Waals surface area contributed by atoms with Crippen molar-refractivity contribution < 1.29 is 5.11 Å². The summed E-state index contributed by atoms with van der Waals surface area (Å²) in [5, 5.41) is 20.5. The van der Waals surface area contributed by atoms with Gasteiger partial charge in [0.1, 0.15) is 0 Å². The van der Waals surface area contributed by atoms with Crippen molar-refractivity contribution >= 4 is 22.1 Å². The molecule has 0 amide bonds. The molecular weight excluding hydrogens is 272 g/mol. The number of aryl methyl sites for hydroxylation is 2. The highest BCUT2D eigenvalue weighted by Gasteiger charge is 2.06. The van der Waals surface area contributed by atoms with Crippen LogP contribution in [-0.2, 0) is 6.61 Å². The van der Waals surface area contributed by atoms with Crippen LogP contribution in [0.25, 0.3) is 10.8 Å². The SMILES string of the molecule is Cc1ccc(/N=N/c2c(CO)ccc3ccccc23)c(C)c1. The van der Waals surface area contributed by atoms with Gasteiger partial charge in [-0.15, -0.1) is 5.11 Å². The Morgan fingerprint density at radius 3 is 2.50 bits per heavy atom. The molecule has 0 aliphatic heterocycles. The molecule has 0 spiro atoms. The van der Waals surface area contributed by atoms with Crippen molar-refractivity contribution in [3.8, 4) is 0 Å². The molecule has 3 heteroatoms. The lowest BCUT2D eigenvalue weighted by atomic mass is 10.0. The van der Waals surface area contributed by atoms with Gasteiger partial charge in [0, 0.05) is 10.9 Å². The molecule has 22 heavy (non-hydrogen) atoms. The average Bonchev–Trinajstić information content (AvgIpc) is 2.53. The molecule has 110 valence electrons. The lowest BCUT2D eigenvalue weighted by molar-refractivity contribution is 0.282. The predicted molar refractivity (Wildman–Crippen MR) is 90.0 cm³/mol. The molecule has 0 unspecified atom stereocenters. The van der Waals surface area contributed by atoms with Crippen molar-refractivity contribution in [2.75, 3.05) is 0 Å². The number of fused-ring (bicyclic) bond motifs is 1. The Kier molecular flexibility index (Phi) is 3.98. The van der Waals surface area contributed by atoms with Crippen LogP contribution < -0.4 is 0 Å². The van der Waals surface area contributed by atoms with E-state index in [1.165, 1.54) is 5.56 Å². The van der Waals surface area contributed by atoms with Crippen molar-refractivity contribution in [3.63, 3.8) is 0 Å². The van der Waals surface area contributed by atoms with Gasteiger partial charge in [-0.05, 0) is 30.9 Å². The highest BCUT2D eigenvalue weighted by atomic mass is 16.3. The van der Waals surface area contributed by atoms with Gasteiger partial charge in [0.2, 0.25) is 0 Å². The fraction of sp³-hybridized carbons (Fsp3) is 0.158. The van der Waals surface area contributed by atoms with Gasteiger partial charge in [0.15, 0.2) is 0 Å². The van der Waals surface area contributed by atoms with E-state index < -0.39 is 0 Å². The minimum atomic E-state index is -0.0495. The number of hydrogen-bond donors (Lipinski definition) is 1. The maximum absolute atomic E-state index is 9.56. The average molecular weight is 290 g/mol. The quantitative estimate of drug-likeness (QED) is 0.648. The van der Waals surface area contributed by atoms with Crippen molar-refractivity contribution in [1.29, 1.82) is 0 Å². The molecule has 0 aliphatic carbocycles. The number of aliphatic hydroxyl groups excluding tert-OH is 1. The van der Waals surface area contributed by atoms with E-state index in [-0.39, 0.29) is 6.61 Å². The lowest BCUT2D eigenvalue weighted by Gasteiger charge is -2.07. The third kappa shape index (κ3) is 2.76. The maximum atomic E-state index is 9.56. The second kappa shape index (κ2) is 6.08.